The number of piperidine rings is 1. The Morgan fingerprint density at radius 3 is 2.57 bits per heavy atom. The Morgan fingerprint density at radius 1 is 1.36 bits per heavy atom. The van der Waals surface area contributed by atoms with E-state index in [1.165, 1.54) is 12.8 Å². The van der Waals surface area contributed by atoms with Crippen molar-refractivity contribution in [3.63, 3.8) is 0 Å². The van der Waals surface area contributed by atoms with Crippen LogP contribution in [-0.2, 0) is 4.79 Å². The highest BCUT2D eigenvalue weighted by Gasteiger charge is 2.46. The monoisotopic (exact) mass is 196 g/mol. The number of nitrogens with one attached hydrogen (secondary N) is 1. The maximum Gasteiger partial charge on any atom is 0.137 e. The molecule has 1 aliphatic carbocycles. The van der Waals surface area contributed by atoms with E-state index in [1.54, 1.807) is 0 Å². The van der Waals surface area contributed by atoms with Crippen molar-refractivity contribution in [2.75, 3.05) is 19.6 Å². The summed E-state index contributed by atoms with van der Waals surface area (Å²) in [6, 6.07) is 0. The molecule has 1 aliphatic heterocycles. The third-order valence-electron chi connectivity index (χ3n) is 3.87. The SMILES string of the molecule is NCCC(=O)C1CC2(CCNCC2)C1. The molecular weight excluding hydrogens is 176 g/mol. The molecule has 0 aromatic heterocycles. The normalized spacial score (nSPS) is 26.1. The first-order valence-electron chi connectivity index (χ1n) is 5.69. The fraction of sp³-hybridized carbons (Fsp3) is 0.909. The van der Waals surface area contributed by atoms with Crippen molar-refractivity contribution in [3.05, 3.63) is 0 Å². The molecule has 14 heavy (non-hydrogen) atoms. The average molecular weight is 196 g/mol. The van der Waals surface area contributed by atoms with Gasteiger partial charge in [0.15, 0.2) is 0 Å². The van der Waals surface area contributed by atoms with Crippen molar-refractivity contribution in [1.82, 2.24) is 5.32 Å². The van der Waals surface area contributed by atoms with Gasteiger partial charge >= 0.3 is 0 Å². The molecule has 3 heteroatoms. The van der Waals surface area contributed by atoms with Crippen LogP contribution in [0.15, 0.2) is 0 Å². The van der Waals surface area contributed by atoms with Gasteiger partial charge in [0.25, 0.3) is 0 Å². The number of rotatable bonds is 3. The molecule has 0 amide bonds. The van der Waals surface area contributed by atoms with Gasteiger partial charge in [0.05, 0.1) is 0 Å². The van der Waals surface area contributed by atoms with Gasteiger partial charge in [-0.2, -0.15) is 0 Å². The minimum absolute atomic E-state index is 0.344. The fourth-order valence-corrected chi connectivity index (χ4v) is 2.93. The Bertz CT molecular complexity index is 213. The van der Waals surface area contributed by atoms with Crippen molar-refractivity contribution in [2.45, 2.75) is 32.1 Å². The molecule has 0 aromatic rings. The summed E-state index contributed by atoms with van der Waals surface area (Å²) in [7, 11) is 0. The second-order valence-electron chi connectivity index (χ2n) is 4.86. The molecule has 1 spiro atoms. The third kappa shape index (κ3) is 1.84. The van der Waals surface area contributed by atoms with Crippen LogP contribution in [0.2, 0.25) is 0 Å². The molecule has 3 nitrogen and oxygen atoms in total. The first kappa shape index (κ1) is 10.1. The lowest BCUT2D eigenvalue weighted by Gasteiger charge is -2.49. The van der Waals surface area contributed by atoms with Crippen LogP contribution in [-0.4, -0.2) is 25.4 Å². The van der Waals surface area contributed by atoms with E-state index in [4.69, 9.17) is 5.73 Å². The van der Waals surface area contributed by atoms with Gasteiger partial charge in [-0.25, -0.2) is 0 Å². The van der Waals surface area contributed by atoms with Crippen LogP contribution in [0.1, 0.15) is 32.1 Å². The molecule has 2 aliphatic rings. The zero-order chi connectivity index (χ0) is 10.0. The summed E-state index contributed by atoms with van der Waals surface area (Å²) in [5, 5.41) is 3.37. The Labute approximate surface area is 85.4 Å². The summed E-state index contributed by atoms with van der Waals surface area (Å²) in [6.07, 6.45) is 5.37. The Kier molecular flexibility index (Phi) is 2.88. The van der Waals surface area contributed by atoms with Crippen molar-refractivity contribution in [3.8, 4) is 0 Å². The van der Waals surface area contributed by atoms with E-state index in [-0.39, 0.29) is 0 Å². The molecule has 1 saturated carbocycles. The van der Waals surface area contributed by atoms with Crippen LogP contribution in [0, 0.1) is 11.3 Å². The molecule has 2 rings (SSSR count). The molecule has 3 N–H and O–H groups in total. The predicted molar refractivity (Wildman–Crippen MR) is 55.9 cm³/mol. The quantitative estimate of drug-likeness (QED) is 0.698. The first-order chi connectivity index (χ1) is 6.76. The van der Waals surface area contributed by atoms with Crippen LogP contribution in [0.3, 0.4) is 0 Å². The van der Waals surface area contributed by atoms with Crippen molar-refractivity contribution < 1.29 is 4.79 Å². The average Bonchev–Trinajstić information content (AvgIpc) is 2.16. The van der Waals surface area contributed by atoms with E-state index >= 15 is 0 Å². The Balaban J connectivity index is 1.79. The van der Waals surface area contributed by atoms with Gasteiger partial charge in [-0.15, -0.1) is 0 Å². The minimum Gasteiger partial charge on any atom is -0.330 e. The molecule has 0 atom stereocenters. The third-order valence-corrected chi connectivity index (χ3v) is 3.87. The highest BCUT2D eigenvalue weighted by molar-refractivity contribution is 5.82. The molecule has 1 heterocycles. The molecular formula is C11H20N2O. The summed E-state index contributed by atoms with van der Waals surface area (Å²) in [4.78, 5) is 11.6. The van der Waals surface area contributed by atoms with Gasteiger partial charge in [0, 0.05) is 12.3 Å². The van der Waals surface area contributed by atoms with E-state index in [0.717, 1.165) is 25.9 Å². The second kappa shape index (κ2) is 3.99. The zero-order valence-electron chi connectivity index (χ0n) is 8.72. The number of hydrogen-bond donors (Lipinski definition) is 2. The van der Waals surface area contributed by atoms with E-state index in [9.17, 15) is 4.79 Å². The number of carbonyl (C=O) groups is 1. The zero-order valence-corrected chi connectivity index (χ0v) is 8.72. The van der Waals surface area contributed by atoms with Crippen LogP contribution in [0.25, 0.3) is 0 Å². The van der Waals surface area contributed by atoms with Crippen LogP contribution < -0.4 is 11.1 Å². The summed E-state index contributed by atoms with van der Waals surface area (Å²) >= 11 is 0. The topological polar surface area (TPSA) is 55.1 Å². The molecule has 0 aromatic carbocycles. The minimum atomic E-state index is 0.344. The molecule has 1 saturated heterocycles. The van der Waals surface area contributed by atoms with Crippen LogP contribution in [0.4, 0.5) is 0 Å². The standard InChI is InChI=1S/C11H20N2O/c12-4-1-10(14)9-7-11(8-9)2-5-13-6-3-11/h9,13H,1-8,12H2. The van der Waals surface area contributed by atoms with Gasteiger partial charge in [-0.1, -0.05) is 0 Å². The predicted octanol–water partition coefficient (Wildman–Crippen LogP) is 0.684. The van der Waals surface area contributed by atoms with E-state index in [1.807, 2.05) is 0 Å². The number of ketones is 1. The number of carbonyl (C=O) groups excluding carboxylic acids is 1. The lowest BCUT2D eigenvalue weighted by atomic mass is 9.56. The highest BCUT2D eigenvalue weighted by atomic mass is 16.1. The fourth-order valence-electron chi connectivity index (χ4n) is 2.93. The summed E-state index contributed by atoms with van der Waals surface area (Å²) < 4.78 is 0. The maximum absolute atomic E-state index is 11.6. The molecule has 0 bridgehead atoms. The lowest BCUT2D eigenvalue weighted by molar-refractivity contribution is -0.131. The summed E-state index contributed by atoms with van der Waals surface area (Å²) in [6.45, 7) is 2.79. The molecule has 0 unspecified atom stereocenters. The Hall–Kier alpha value is -0.410. The van der Waals surface area contributed by atoms with Crippen molar-refractivity contribution >= 4 is 5.78 Å². The smallest absolute Gasteiger partial charge is 0.137 e. The van der Waals surface area contributed by atoms with Gasteiger partial charge in [0.1, 0.15) is 5.78 Å². The van der Waals surface area contributed by atoms with E-state index in [2.05, 4.69) is 5.32 Å². The molecule has 80 valence electrons. The van der Waals surface area contributed by atoms with Crippen molar-refractivity contribution in [2.24, 2.45) is 17.1 Å². The first-order valence-corrected chi connectivity index (χ1v) is 5.69. The van der Waals surface area contributed by atoms with Gasteiger partial charge in [-0.05, 0) is 50.7 Å². The summed E-state index contributed by atoms with van der Waals surface area (Å²) in [5.74, 6) is 0.744. The number of Topliss-reactive ketones (excluding diaryl/α,β-unsaturated/α-hetero) is 1. The van der Waals surface area contributed by atoms with Crippen LogP contribution in [0.5, 0.6) is 0 Å². The van der Waals surface area contributed by atoms with Gasteiger partial charge < -0.3 is 11.1 Å². The molecule has 2 fully saturated rings. The number of nitrogens with two attached hydrogens (primary N) is 1. The van der Waals surface area contributed by atoms with E-state index < -0.39 is 0 Å². The maximum atomic E-state index is 11.6. The summed E-state index contributed by atoms with van der Waals surface area (Å²) in [5.41, 5.74) is 5.91. The van der Waals surface area contributed by atoms with Gasteiger partial charge in [-0.3, -0.25) is 4.79 Å². The lowest BCUT2D eigenvalue weighted by Crippen LogP contribution is -2.47. The molecule has 0 radical (unpaired) electrons. The van der Waals surface area contributed by atoms with Crippen molar-refractivity contribution in [1.29, 1.82) is 0 Å². The van der Waals surface area contributed by atoms with E-state index in [0.29, 0.717) is 30.1 Å². The number of hydrogen-bond acceptors (Lipinski definition) is 3. The highest BCUT2D eigenvalue weighted by Crippen LogP contribution is 2.51. The largest absolute Gasteiger partial charge is 0.330 e. The Morgan fingerprint density at radius 2 is 2.00 bits per heavy atom. The van der Waals surface area contributed by atoms with Gasteiger partial charge in [0.2, 0.25) is 0 Å². The second-order valence-corrected chi connectivity index (χ2v) is 4.86. The van der Waals surface area contributed by atoms with Crippen LogP contribution >= 0.6 is 0 Å².